The molecule has 0 unspecified atom stereocenters. The Hall–Kier alpha value is -0.510. The van der Waals surface area contributed by atoms with Crippen molar-refractivity contribution in [2.75, 3.05) is 12.9 Å². The van der Waals surface area contributed by atoms with Crippen LogP contribution in [0.25, 0.3) is 0 Å². The average molecular weight is 238 g/mol. The lowest BCUT2D eigenvalue weighted by Crippen LogP contribution is -2.27. The van der Waals surface area contributed by atoms with Crippen molar-refractivity contribution < 1.29 is 9.47 Å². The molecule has 0 amide bonds. The van der Waals surface area contributed by atoms with Crippen LogP contribution in [-0.2, 0) is 9.47 Å². The zero-order chi connectivity index (χ0) is 11.4. The minimum atomic E-state index is -0.359. The first-order chi connectivity index (χ1) is 7.72. The molecular formula is C13H18O2S. The summed E-state index contributed by atoms with van der Waals surface area (Å²) in [6, 6.07) is 10.4. The number of hydrogen-bond acceptors (Lipinski definition) is 3. The van der Waals surface area contributed by atoms with E-state index >= 15 is 0 Å². The van der Waals surface area contributed by atoms with Crippen LogP contribution in [0.5, 0.6) is 0 Å². The van der Waals surface area contributed by atoms with Gasteiger partial charge >= 0.3 is 0 Å². The largest absolute Gasteiger partial charge is 0.353 e. The molecule has 2 rings (SSSR count). The average Bonchev–Trinajstić information content (AvgIpc) is 2.71. The molecule has 1 aliphatic rings. The standard InChI is InChI=1S/C13H18O2S/c1-13(14-2)9-8-11(15-13)10-16-12-6-4-3-5-7-12/h3-7,11H,8-10H2,1-2H3/t11-,13+/m1/s1. The molecule has 1 heterocycles. The maximum atomic E-state index is 5.88. The predicted octanol–water partition coefficient (Wildman–Crippen LogP) is 3.32. The van der Waals surface area contributed by atoms with Gasteiger partial charge in [-0.15, -0.1) is 11.8 Å². The Morgan fingerprint density at radius 1 is 1.44 bits per heavy atom. The molecule has 1 aromatic rings. The van der Waals surface area contributed by atoms with E-state index in [2.05, 4.69) is 24.3 Å². The number of rotatable bonds is 4. The number of ether oxygens (including phenoxy) is 2. The zero-order valence-corrected chi connectivity index (χ0v) is 10.6. The molecule has 2 atom stereocenters. The van der Waals surface area contributed by atoms with E-state index in [0.29, 0.717) is 6.10 Å². The summed E-state index contributed by atoms with van der Waals surface area (Å²) < 4.78 is 11.2. The summed E-state index contributed by atoms with van der Waals surface area (Å²) in [7, 11) is 1.71. The Labute approximate surface area is 101 Å². The first kappa shape index (κ1) is 12.0. The van der Waals surface area contributed by atoms with Crippen LogP contribution in [0.2, 0.25) is 0 Å². The smallest absolute Gasteiger partial charge is 0.165 e. The van der Waals surface area contributed by atoms with Crippen molar-refractivity contribution in [1.82, 2.24) is 0 Å². The molecule has 0 saturated carbocycles. The summed E-state index contributed by atoms with van der Waals surface area (Å²) in [5, 5.41) is 0. The second kappa shape index (κ2) is 5.21. The predicted molar refractivity (Wildman–Crippen MR) is 66.7 cm³/mol. The van der Waals surface area contributed by atoms with Crippen molar-refractivity contribution >= 4 is 11.8 Å². The fraction of sp³-hybridized carbons (Fsp3) is 0.538. The number of hydrogen-bond donors (Lipinski definition) is 0. The van der Waals surface area contributed by atoms with E-state index < -0.39 is 0 Å². The topological polar surface area (TPSA) is 18.5 Å². The van der Waals surface area contributed by atoms with Gasteiger partial charge in [0, 0.05) is 24.2 Å². The Balaban J connectivity index is 1.80. The fourth-order valence-corrected chi connectivity index (χ4v) is 2.83. The first-order valence-electron chi connectivity index (χ1n) is 5.63. The Morgan fingerprint density at radius 2 is 2.19 bits per heavy atom. The van der Waals surface area contributed by atoms with Gasteiger partial charge in [0.15, 0.2) is 5.79 Å². The lowest BCUT2D eigenvalue weighted by atomic mass is 10.2. The molecule has 0 spiro atoms. The van der Waals surface area contributed by atoms with Gasteiger partial charge in [-0.2, -0.15) is 0 Å². The Morgan fingerprint density at radius 3 is 2.81 bits per heavy atom. The van der Waals surface area contributed by atoms with Crippen LogP contribution < -0.4 is 0 Å². The van der Waals surface area contributed by atoms with Gasteiger partial charge in [-0.3, -0.25) is 0 Å². The normalized spacial score (nSPS) is 29.5. The minimum absolute atomic E-state index is 0.315. The monoisotopic (exact) mass is 238 g/mol. The van der Waals surface area contributed by atoms with Gasteiger partial charge < -0.3 is 9.47 Å². The lowest BCUT2D eigenvalue weighted by Gasteiger charge is -2.22. The molecule has 3 heteroatoms. The second-order valence-corrected chi connectivity index (χ2v) is 5.33. The molecule has 88 valence electrons. The molecule has 0 N–H and O–H groups in total. The summed E-state index contributed by atoms with van der Waals surface area (Å²) >= 11 is 1.85. The van der Waals surface area contributed by atoms with E-state index in [4.69, 9.17) is 9.47 Å². The van der Waals surface area contributed by atoms with Crippen LogP contribution in [0.3, 0.4) is 0 Å². The van der Waals surface area contributed by atoms with Gasteiger partial charge in [0.1, 0.15) is 0 Å². The van der Waals surface area contributed by atoms with Crippen LogP contribution in [0, 0.1) is 0 Å². The van der Waals surface area contributed by atoms with E-state index in [1.807, 2.05) is 24.8 Å². The summed E-state index contributed by atoms with van der Waals surface area (Å²) in [6.45, 7) is 2.01. The highest BCUT2D eigenvalue weighted by Crippen LogP contribution is 2.33. The molecule has 0 aromatic heterocycles. The highest BCUT2D eigenvalue weighted by atomic mass is 32.2. The molecule has 1 saturated heterocycles. The third kappa shape index (κ3) is 3.00. The third-order valence-electron chi connectivity index (χ3n) is 2.95. The van der Waals surface area contributed by atoms with Gasteiger partial charge in [0.2, 0.25) is 0 Å². The molecule has 2 nitrogen and oxygen atoms in total. The number of thioether (sulfide) groups is 1. The first-order valence-corrected chi connectivity index (χ1v) is 6.61. The molecule has 1 aromatic carbocycles. The zero-order valence-electron chi connectivity index (χ0n) is 9.81. The van der Waals surface area contributed by atoms with E-state index in [0.717, 1.165) is 18.6 Å². The quantitative estimate of drug-likeness (QED) is 0.750. The van der Waals surface area contributed by atoms with Crippen molar-refractivity contribution in [3.05, 3.63) is 30.3 Å². The van der Waals surface area contributed by atoms with Gasteiger partial charge in [0.05, 0.1) is 6.10 Å². The molecule has 1 fully saturated rings. The van der Waals surface area contributed by atoms with Crippen LogP contribution in [0.1, 0.15) is 19.8 Å². The molecule has 0 radical (unpaired) electrons. The van der Waals surface area contributed by atoms with Crippen LogP contribution in [-0.4, -0.2) is 24.8 Å². The maximum absolute atomic E-state index is 5.88. The number of benzene rings is 1. The van der Waals surface area contributed by atoms with Gasteiger partial charge in [0.25, 0.3) is 0 Å². The fourth-order valence-electron chi connectivity index (χ4n) is 1.87. The van der Waals surface area contributed by atoms with Crippen molar-refractivity contribution in [2.45, 2.75) is 36.6 Å². The van der Waals surface area contributed by atoms with E-state index in [-0.39, 0.29) is 5.79 Å². The van der Waals surface area contributed by atoms with Gasteiger partial charge in [-0.1, -0.05) is 18.2 Å². The molecule has 16 heavy (non-hydrogen) atoms. The third-order valence-corrected chi connectivity index (χ3v) is 4.09. The molecule has 1 aliphatic heterocycles. The Kier molecular flexibility index (Phi) is 3.90. The SMILES string of the molecule is CO[C@]1(C)CC[C@H](CSc2ccccc2)O1. The van der Waals surface area contributed by atoms with Gasteiger partial charge in [-0.25, -0.2) is 0 Å². The van der Waals surface area contributed by atoms with Crippen molar-refractivity contribution in [3.63, 3.8) is 0 Å². The summed E-state index contributed by atoms with van der Waals surface area (Å²) in [5.41, 5.74) is 0. The van der Waals surface area contributed by atoms with Gasteiger partial charge in [-0.05, 0) is 25.5 Å². The van der Waals surface area contributed by atoms with Crippen molar-refractivity contribution in [3.8, 4) is 0 Å². The van der Waals surface area contributed by atoms with E-state index in [1.54, 1.807) is 7.11 Å². The van der Waals surface area contributed by atoms with E-state index in [1.165, 1.54) is 4.90 Å². The minimum Gasteiger partial charge on any atom is -0.353 e. The summed E-state index contributed by atoms with van der Waals surface area (Å²) in [4.78, 5) is 1.30. The second-order valence-electron chi connectivity index (χ2n) is 4.24. The maximum Gasteiger partial charge on any atom is 0.165 e. The highest BCUT2D eigenvalue weighted by Gasteiger charge is 2.35. The van der Waals surface area contributed by atoms with Crippen LogP contribution in [0.15, 0.2) is 35.2 Å². The molecule has 0 bridgehead atoms. The summed E-state index contributed by atoms with van der Waals surface area (Å²) in [6.07, 6.45) is 2.39. The number of methoxy groups -OCH3 is 1. The molecule has 0 aliphatic carbocycles. The molecular weight excluding hydrogens is 220 g/mol. The van der Waals surface area contributed by atoms with Crippen molar-refractivity contribution in [2.24, 2.45) is 0 Å². The lowest BCUT2D eigenvalue weighted by molar-refractivity contribution is -0.194. The Bertz CT molecular complexity index is 328. The highest BCUT2D eigenvalue weighted by molar-refractivity contribution is 7.99. The van der Waals surface area contributed by atoms with E-state index in [9.17, 15) is 0 Å². The van der Waals surface area contributed by atoms with Crippen LogP contribution >= 0.6 is 11.8 Å². The summed E-state index contributed by atoms with van der Waals surface area (Å²) in [5.74, 6) is 0.644. The van der Waals surface area contributed by atoms with Crippen LogP contribution in [0.4, 0.5) is 0 Å². The van der Waals surface area contributed by atoms with Crippen molar-refractivity contribution in [1.29, 1.82) is 0 Å².